The van der Waals surface area contributed by atoms with E-state index in [1.807, 2.05) is 44.3 Å². The minimum Gasteiger partial charge on any atom is -0.399 e. The second kappa shape index (κ2) is 5.85. The Morgan fingerprint density at radius 1 is 1.05 bits per heavy atom. The van der Waals surface area contributed by atoms with Crippen LogP contribution in [0.15, 0.2) is 42.5 Å². The largest absolute Gasteiger partial charge is 0.399 e. The quantitative estimate of drug-likeness (QED) is 0.852. The Morgan fingerprint density at radius 2 is 1.74 bits per heavy atom. The second-order valence-electron chi connectivity index (χ2n) is 4.98. The highest BCUT2D eigenvalue weighted by Gasteiger charge is 2.05. The number of nitrogens with two attached hydrogens (primary N) is 1. The molecule has 0 atom stereocenters. The molecule has 0 aromatic heterocycles. The lowest BCUT2D eigenvalue weighted by atomic mass is 10.1. The molecule has 0 aliphatic carbocycles. The van der Waals surface area contributed by atoms with Crippen molar-refractivity contribution in [2.75, 3.05) is 12.8 Å². The number of nitrogen functional groups attached to an aromatic ring is 1. The van der Waals surface area contributed by atoms with Crippen LogP contribution in [0, 0.1) is 12.7 Å². The van der Waals surface area contributed by atoms with Gasteiger partial charge in [-0.05, 0) is 54.9 Å². The first-order chi connectivity index (χ1) is 9.04. The van der Waals surface area contributed by atoms with Crippen LogP contribution >= 0.6 is 0 Å². The zero-order valence-corrected chi connectivity index (χ0v) is 11.4. The number of anilines is 1. The van der Waals surface area contributed by atoms with Gasteiger partial charge in [-0.25, -0.2) is 4.39 Å². The Bertz CT molecular complexity index is 549. The van der Waals surface area contributed by atoms with Crippen LogP contribution in [0.1, 0.15) is 16.7 Å². The zero-order chi connectivity index (χ0) is 13.8. The van der Waals surface area contributed by atoms with Crippen LogP contribution in [-0.2, 0) is 13.1 Å². The van der Waals surface area contributed by atoms with E-state index < -0.39 is 0 Å². The van der Waals surface area contributed by atoms with Crippen molar-refractivity contribution in [3.8, 4) is 0 Å². The fourth-order valence-corrected chi connectivity index (χ4v) is 2.09. The lowest BCUT2D eigenvalue weighted by molar-refractivity contribution is 0.318. The van der Waals surface area contributed by atoms with Crippen molar-refractivity contribution in [2.24, 2.45) is 0 Å². The van der Waals surface area contributed by atoms with E-state index in [4.69, 9.17) is 5.73 Å². The molecule has 0 heterocycles. The van der Waals surface area contributed by atoms with Crippen molar-refractivity contribution >= 4 is 5.69 Å². The molecule has 2 N–H and O–H groups in total. The van der Waals surface area contributed by atoms with Crippen molar-refractivity contribution < 1.29 is 4.39 Å². The number of hydrogen-bond donors (Lipinski definition) is 1. The maximum absolute atomic E-state index is 13.2. The van der Waals surface area contributed by atoms with Gasteiger partial charge in [0.25, 0.3) is 0 Å². The van der Waals surface area contributed by atoms with Gasteiger partial charge in [0.2, 0.25) is 0 Å². The third-order valence-corrected chi connectivity index (χ3v) is 3.18. The molecule has 19 heavy (non-hydrogen) atoms. The van der Waals surface area contributed by atoms with Crippen LogP contribution in [-0.4, -0.2) is 11.9 Å². The van der Waals surface area contributed by atoms with E-state index >= 15 is 0 Å². The number of benzene rings is 2. The molecule has 0 radical (unpaired) electrons. The molecule has 2 nitrogen and oxygen atoms in total. The molecule has 0 fully saturated rings. The first kappa shape index (κ1) is 13.6. The van der Waals surface area contributed by atoms with E-state index in [9.17, 15) is 4.39 Å². The summed E-state index contributed by atoms with van der Waals surface area (Å²) >= 11 is 0. The van der Waals surface area contributed by atoms with Gasteiger partial charge in [0.15, 0.2) is 0 Å². The molecule has 0 spiro atoms. The lowest BCUT2D eigenvalue weighted by Gasteiger charge is -2.18. The second-order valence-corrected chi connectivity index (χ2v) is 4.98. The molecule has 2 rings (SSSR count). The third-order valence-electron chi connectivity index (χ3n) is 3.18. The highest BCUT2D eigenvalue weighted by Crippen LogP contribution is 2.14. The average Bonchev–Trinajstić information content (AvgIpc) is 2.37. The molecule has 2 aromatic carbocycles. The topological polar surface area (TPSA) is 29.3 Å². The number of rotatable bonds is 4. The predicted octanol–water partition coefficient (Wildman–Crippen LogP) is 3.35. The van der Waals surface area contributed by atoms with E-state index in [0.717, 1.165) is 29.9 Å². The minimum atomic E-state index is -0.179. The molecule has 0 saturated carbocycles. The first-order valence-electron chi connectivity index (χ1n) is 6.32. The summed E-state index contributed by atoms with van der Waals surface area (Å²) in [6.07, 6.45) is 0. The molecular formula is C16H19FN2. The van der Waals surface area contributed by atoms with Crippen molar-refractivity contribution in [1.29, 1.82) is 0 Å². The molecule has 0 aliphatic heterocycles. The normalized spacial score (nSPS) is 10.9. The first-order valence-corrected chi connectivity index (χ1v) is 6.32. The lowest BCUT2D eigenvalue weighted by Crippen LogP contribution is -2.18. The zero-order valence-electron chi connectivity index (χ0n) is 11.4. The Labute approximate surface area is 113 Å². The molecule has 0 unspecified atom stereocenters. The summed E-state index contributed by atoms with van der Waals surface area (Å²) in [7, 11) is 2.03. The fourth-order valence-electron chi connectivity index (χ4n) is 2.09. The van der Waals surface area contributed by atoms with Gasteiger partial charge in [0.1, 0.15) is 5.82 Å². The molecule has 100 valence electrons. The summed E-state index contributed by atoms with van der Waals surface area (Å²) < 4.78 is 13.2. The minimum absolute atomic E-state index is 0.179. The standard InChI is InChI=1S/C16H19FN2/c1-12-3-6-15(17)9-14(12)11-19(2)10-13-4-7-16(18)8-5-13/h3-9H,10-11,18H2,1-2H3. The van der Waals surface area contributed by atoms with Gasteiger partial charge in [-0.2, -0.15) is 0 Å². The molecule has 3 heteroatoms. The fraction of sp³-hybridized carbons (Fsp3) is 0.250. The van der Waals surface area contributed by atoms with Gasteiger partial charge in [0, 0.05) is 18.8 Å². The Kier molecular flexibility index (Phi) is 4.17. The third kappa shape index (κ3) is 3.80. The van der Waals surface area contributed by atoms with Gasteiger partial charge < -0.3 is 5.73 Å². The van der Waals surface area contributed by atoms with Gasteiger partial charge in [0.05, 0.1) is 0 Å². The predicted molar refractivity (Wildman–Crippen MR) is 77.2 cm³/mol. The van der Waals surface area contributed by atoms with Crippen LogP contribution in [0.3, 0.4) is 0 Å². The molecule has 2 aromatic rings. The van der Waals surface area contributed by atoms with Crippen molar-refractivity contribution in [3.05, 3.63) is 65.0 Å². The van der Waals surface area contributed by atoms with Crippen LogP contribution in [0.2, 0.25) is 0 Å². The molecule has 0 bridgehead atoms. The number of aryl methyl sites for hydroxylation is 1. The maximum Gasteiger partial charge on any atom is 0.123 e. The van der Waals surface area contributed by atoms with E-state index in [2.05, 4.69) is 4.90 Å². The van der Waals surface area contributed by atoms with Gasteiger partial charge in [-0.1, -0.05) is 18.2 Å². The molecule has 0 saturated heterocycles. The average molecular weight is 258 g/mol. The monoisotopic (exact) mass is 258 g/mol. The van der Waals surface area contributed by atoms with Crippen molar-refractivity contribution in [1.82, 2.24) is 4.90 Å². The summed E-state index contributed by atoms with van der Waals surface area (Å²) in [5.41, 5.74) is 9.77. The summed E-state index contributed by atoms with van der Waals surface area (Å²) in [5, 5.41) is 0. The summed E-state index contributed by atoms with van der Waals surface area (Å²) in [6, 6.07) is 12.8. The van der Waals surface area contributed by atoms with Gasteiger partial charge >= 0.3 is 0 Å². The van der Waals surface area contributed by atoms with Crippen molar-refractivity contribution in [3.63, 3.8) is 0 Å². The van der Waals surface area contributed by atoms with E-state index in [1.165, 1.54) is 11.6 Å². The smallest absolute Gasteiger partial charge is 0.123 e. The van der Waals surface area contributed by atoms with Crippen LogP contribution < -0.4 is 5.73 Å². The Balaban J connectivity index is 2.02. The molecule has 0 amide bonds. The maximum atomic E-state index is 13.2. The highest BCUT2D eigenvalue weighted by atomic mass is 19.1. The van der Waals surface area contributed by atoms with Crippen LogP contribution in [0.25, 0.3) is 0 Å². The highest BCUT2D eigenvalue weighted by molar-refractivity contribution is 5.39. The summed E-state index contributed by atoms with van der Waals surface area (Å²) in [4.78, 5) is 2.16. The molecule has 0 aliphatic rings. The van der Waals surface area contributed by atoms with Gasteiger partial charge in [-0.15, -0.1) is 0 Å². The van der Waals surface area contributed by atoms with E-state index in [0.29, 0.717) is 0 Å². The van der Waals surface area contributed by atoms with E-state index in [1.54, 1.807) is 6.07 Å². The summed E-state index contributed by atoms with van der Waals surface area (Å²) in [5.74, 6) is -0.179. The van der Waals surface area contributed by atoms with Crippen LogP contribution in [0.4, 0.5) is 10.1 Å². The number of halogens is 1. The Hall–Kier alpha value is -1.87. The van der Waals surface area contributed by atoms with E-state index in [-0.39, 0.29) is 5.82 Å². The van der Waals surface area contributed by atoms with Gasteiger partial charge in [-0.3, -0.25) is 4.90 Å². The molecular weight excluding hydrogens is 239 g/mol. The van der Waals surface area contributed by atoms with Crippen molar-refractivity contribution in [2.45, 2.75) is 20.0 Å². The number of nitrogens with zero attached hydrogens (tertiary/aromatic N) is 1. The van der Waals surface area contributed by atoms with Crippen LogP contribution in [0.5, 0.6) is 0 Å². The number of hydrogen-bond acceptors (Lipinski definition) is 2. The Morgan fingerprint density at radius 3 is 2.42 bits per heavy atom. The summed E-state index contributed by atoms with van der Waals surface area (Å²) in [6.45, 7) is 3.55. The SMILES string of the molecule is Cc1ccc(F)cc1CN(C)Cc1ccc(N)cc1.